The SMILES string of the molecule is CN(CCN)CCC1CCN(C2CCN(C)CC2)CC1. The van der Waals surface area contributed by atoms with Crippen molar-refractivity contribution in [2.75, 3.05) is 59.9 Å². The smallest absolute Gasteiger partial charge is 0.0120 e. The fourth-order valence-corrected chi connectivity index (χ4v) is 3.70. The zero-order chi connectivity index (χ0) is 14.4. The number of likely N-dealkylation sites (tertiary alicyclic amines) is 2. The van der Waals surface area contributed by atoms with Gasteiger partial charge in [0, 0.05) is 19.1 Å². The van der Waals surface area contributed by atoms with Gasteiger partial charge in [-0.25, -0.2) is 0 Å². The average molecular weight is 282 g/mol. The molecule has 0 saturated carbocycles. The summed E-state index contributed by atoms with van der Waals surface area (Å²) in [5.74, 6) is 0.942. The molecule has 118 valence electrons. The highest BCUT2D eigenvalue weighted by molar-refractivity contribution is 4.82. The van der Waals surface area contributed by atoms with Gasteiger partial charge in [0.05, 0.1) is 0 Å². The quantitative estimate of drug-likeness (QED) is 0.791. The molecule has 4 heteroatoms. The maximum atomic E-state index is 5.60. The van der Waals surface area contributed by atoms with Crippen LogP contribution in [0.2, 0.25) is 0 Å². The topological polar surface area (TPSA) is 35.7 Å². The lowest BCUT2D eigenvalue weighted by Crippen LogP contribution is -2.47. The lowest BCUT2D eigenvalue weighted by Gasteiger charge is -2.41. The van der Waals surface area contributed by atoms with E-state index in [0.29, 0.717) is 0 Å². The van der Waals surface area contributed by atoms with Crippen molar-refractivity contribution >= 4 is 0 Å². The van der Waals surface area contributed by atoms with E-state index >= 15 is 0 Å². The van der Waals surface area contributed by atoms with Crippen LogP contribution in [0.4, 0.5) is 0 Å². The van der Waals surface area contributed by atoms with Gasteiger partial charge in [0.25, 0.3) is 0 Å². The van der Waals surface area contributed by atoms with Crippen LogP contribution in [0.5, 0.6) is 0 Å². The van der Waals surface area contributed by atoms with Crippen LogP contribution in [-0.4, -0.2) is 80.7 Å². The number of nitrogens with two attached hydrogens (primary N) is 1. The largest absolute Gasteiger partial charge is 0.329 e. The molecule has 4 nitrogen and oxygen atoms in total. The first kappa shape index (κ1) is 16.2. The van der Waals surface area contributed by atoms with Crippen molar-refractivity contribution < 1.29 is 0 Å². The number of hydrogen-bond donors (Lipinski definition) is 1. The molecule has 0 atom stereocenters. The van der Waals surface area contributed by atoms with Crippen molar-refractivity contribution in [2.45, 2.75) is 38.1 Å². The summed E-state index contributed by atoms with van der Waals surface area (Å²) in [5, 5.41) is 0. The molecule has 0 spiro atoms. The second-order valence-electron chi connectivity index (χ2n) is 6.89. The Morgan fingerprint density at radius 1 is 1.00 bits per heavy atom. The van der Waals surface area contributed by atoms with Gasteiger partial charge in [0.2, 0.25) is 0 Å². The van der Waals surface area contributed by atoms with Gasteiger partial charge in [-0.2, -0.15) is 0 Å². The van der Waals surface area contributed by atoms with Gasteiger partial charge in [-0.05, 0) is 84.8 Å². The molecule has 0 amide bonds. The van der Waals surface area contributed by atoms with Crippen LogP contribution in [0.15, 0.2) is 0 Å². The van der Waals surface area contributed by atoms with E-state index in [1.165, 1.54) is 64.8 Å². The molecule has 0 aromatic carbocycles. The van der Waals surface area contributed by atoms with Crippen LogP contribution >= 0.6 is 0 Å². The summed E-state index contributed by atoms with van der Waals surface area (Å²) in [6.45, 7) is 8.28. The van der Waals surface area contributed by atoms with Crippen LogP contribution in [0.25, 0.3) is 0 Å². The molecule has 2 aliphatic rings. The Morgan fingerprint density at radius 3 is 2.25 bits per heavy atom. The molecule has 2 heterocycles. The maximum Gasteiger partial charge on any atom is 0.0120 e. The normalized spacial score (nSPS) is 24.6. The molecule has 0 aliphatic carbocycles. The van der Waals surface area contributed by atoms with E-state index in [0.717, 1.165) is 25.0 Å². The first-order chi connectivity index (χ1) is 9.69. The van der Waals surface area contributed by atoms with Crippen LogP contribution in [0, 0.1) is 5.92 Å². The Morgan fingerprint density at radius 2 is 1.65 bits per heavy atom. The van der Waals surface area contributed by atoms with Crippen molar-refractivity contribution in [3.05, 3.63) is 0 Å². The molecule has 20 heavy (non-hydrogen) atoms. The van der Waals surface area contributed by atoms with Crippen molar-refractivity contribution in [2.24, 2.45) is 11.7 Å². The van der Waals surface area contributed by atoms with Crippen molar-refractivity contribution in [1.82, 2.24) is 14.7 Å². The van der Waals surface area contributed by atoms with E-state index in [4.69, 9.17) is 5.73 Å². The fraction of sp³-hybridized carbons (Fsp3) is 1.00. The third kappa shape index (κ3) is 4.99. The average Bonchev–Trinajstić information content (AvgIpc) is 2.47. The predicted molar refractivity (Wildman–Crippen MR) is 86.0 cm³/mol. The molecular weight excluding hydrogens is 248 g/mol. The van der Waals surface area contributed by atoms with Gasteiger partial charge in [-0.15, -0.1) is 0 Å². The van der Waals surface area contributed by atoms with Gasteiger partial charge in [-0.1, -0.05) is 0 Å². The lowest BCUT2D eigenvalue weighted by molar-refractivity contribution is 0.0817. The Hall–Kier alpha value is -0.160. The summed E-state index contributed by atoms with van der Waals surface area (Å²) in [6, 6.07) is 0.868. The van der Waals surface area contributed by atoms with E-state index in [2.05, 4.69) is 28.8 Å². The molecule has 0 radical (unpaired) electrons. The molecule has 0 bridgehead atoms. The summed E-state index contributed by atoms with van der Waals surface area (Å²) >= 11 is 0. The summed E-state index contributed by atoms with van der Waals surface area (Å²) in [7, 11) is 4.45. The zero-order valence-corrected chi connectivity index (χ0v) is 13.6. The molecule has 0 aromatic heterocycles. The minimum absolute atomic E-state index is 0.783. The van der Waals surface area contributed by atoms with Gasteiger partial charge in [-0.3, -0.25) is 0 Å². The molecule has 2 N–H and O–H groups in total. The van der Waals surface area contributed by atoms with Crippen molar-refractivity contribution in [1.29, 1.82) is 0 Å². The minimum Gasteiger partial charge on any atom is -0.329 e. The highest BCUT2D eigenvalue weighted by atomic mass is 15.2. The Kier molecular flexibility index (Phi) is 6.75. The number of hydrogen-bond acceptors (Lipinski definition) is 4. The number of piperidine rings is 2. The Bertz CT molecular complexity index is 255. The molecular formula is C16H34N4. The highest BCUT2D eigenvalue weighted by Crippen LogP contribution is 2.25. The third-order valence-electron chi connectivity index (χ3n) is 5.28. The van der Waals surface area contributed by atoms with Gasteiger partial charge in [0.15, 0.2) is 0 Å². The molecule has 0 aromatic rings. The number of rotatable bonds is 6. The van der Waals surface area contributed by atoms with Gasteiger partial charge in [0.1, 0.15) is 0 Å². The highest BCUT2D eigenvalue weighted by Gasteiger charge is 2.27. The summed E-state index contributed by atoms with van der Waals surface area (Å²) < 4.78 is 0. The molecule has 2 rings (SSSR count). The summed E-state index contributed by atoms with van der Waals surface area (Å²) in [5.41, 5.74) is 5.60. The Balaban J connectivity index is 1.62. The van der Waals surface area contributed by atoms with Crippen LogP contribution < -0.4 is 5.73 Å². The van der Waals surface area contributed by atoms with E-state index in [1.54, 1.807) is 0 Å². The van der Waals surface area contributed by atoms with Crippen LogP contribution in [0.1, 0.15) is 32.1 Å². The van der Waals surface area contributed by atoms with Gasteiger partial charge < -0.3 is 20.4 Å². The van der Waals surface area contributed by atoms with E-state index in [9.17, 15) is 0 Å². The van der Waals surface area contributed by atoms with Crippen molar-refractivity contribution in [3.63, 3.8) is 0 Å². The second-order valence-corrected chi connectivity index (χ2v) is 6.89. The minimum atomic E-state index is 0.783. The van der Waals surface area contributed by atoms with E-state index in [1.807, 2.05) is 0 Å². The summed E-state index contributed by atoms with van der Waals surface area (Å²) in [4.78, 5) is 7.62. The third-order valence-corrected chi connectivity index (χ3v) is 5.28. The maximum absolute atomic E-state index is 5.60. The number of likely N-dealkylation sites (N-methyl/N-ethyl adjacent to an activating group) is 1. The van der Waals surface area contributed by atoms with Crippen molar-refractivity contribution in [3.8, 4) is 0 Å². The first-order valence-corrected chi connectivity index (χ1v) is 8.50. The van der Waals surface area contributed by atoms with Crippen LogP contribution in [0.3, 0.4) is 0 Å². The molecule has 2 aliphatic heterocycles. The Labute approximate surface area is 125 Å². The lowest BCUT2D eigenvalue weighted by atomic mass is 9.91. The number of nitrogens with zero attached hydrogens (tertiary/aromatic N) is 3. The van der Waals surface area contributed by atoms with Gasteiger partial charge >= 0.3 is 0 Å². The fourth-order valence-electron chi connectivity index (χ4n) is 3.70. The predicted octanol–water partition coefficient (Wildman–Crippen LogP) is 1.07. The molecule has 2 fully saturated rings. The van der Waals surface area contributed by atoms with E-state index in [-0.39, 0.29) is 0 Å². The molecule has 2 saturated heterocycles. The molecule has 0 unspecified atom stereocenters. The van der Waals surface area contributed by atoms with E-state index < -0.39 is 0 Å². The standard InChI is InChI=1S/C16H34N4/c1-18-10-6-16(7-11-18)20-12-4-15(5-13-20)3-9-19(2)14-8-17/h15-16H,3-14,17H2,1-2H3. The first-order valence-electron chi connectivity index (χ1n) is 8.50. The van der Waals surface area contributed by atoms with Crippen LogP contribution in [-0.2, 0) is 0 Å². The monoisotopic (exact) mass is 282 g/mol. The zero-order valence-electron chi connectivity index (χ0n) is 13.6. The summed E-state index contributed by atoms with van der Waals surface area (Å²) in [6.07, 6.45) is 6.92. The second kappa shape index (κ2) is 8.32.